The highest BCUT2D eigenvalue weighted by molar-refractivity contribution is 7.98. The van der Waals surface area contributed by atoms with Gasteiger partial charge in [0.05, 0.1) is 42.1 Å². The Bertz CT molecular complexity index is 4410. The van der Waals surface area contributed by atoms with Crippen molar-refractivity contribution >= 4 is 169 Å². The van der Waals surface area contributed by atoms with Crippen LogP contribution in [0.5, 0.6) is 0 Å². The molecule has 0 unspecified atom stereocenters. The highest BCUT2D eigenvalue weighted by Gasteiger charge is 2.26. The molecule has 2 amide bonds. The predicted molar refractivity (Wildman–Crippen MR) is 394 cm³/mol. The molecule has 0 atom stereocenters. The van der Waals surface area contributed by atoms with E-state index in [9.17, 15) is 45.1 Å². The number of carbonyl (C=O) groups excluding carboxylic acids is 4. The average Bonchev–Trinajstić information content (AvgIpc) is 1.53. The molecule has 6 N–H and O–H groups in total. The third-order valence-electron chi connectivity index (χ3n) is 16.2. The highest BCUT2D eigenvalue weighted by Crippen LogP contribution is 2.41. The van der Waals surface area contributed by atoms with Gasteiger partial charge in [-0.3, -0.25) is 28.3 Å². The van der Waals surface area contributed by atoms with E-state index in [0.29, 0.717) is 107 Å². The minimum Gasteiger partial charge on any atom is -0.372 e. The number of thiazole rings is 2. The van der Waals surface area contributed by atoms with Gasteiger partial charge in [-0.1, -0.05) is 76.9 Å². The fourth-order valence-electron chi connectivity index (χ4n) is 11.0. The van der Waals surface area contributed by atoms with Crippen molar-refractivity contribution < 1.29 is 45.1 Å². The van der Waals surface area contributed by atoms with E-state index in [2.05, 4.69) is 78.8 Å². The van der Waals surface area contributed by atoms with E-state index in [1.165, 1.54) is 74.2 Å². The Balaban J connectivity index is 1.01. The number of aromatic nitrogens is 5. The third-order valence-corrected chi connectivity index (χ3v) is 20.5. The molecule has 10 rings (SSSR count). The number of amides is 2. The number of carbonyl (C=O) groups is 4. The maximum atomic E-state index is 13.8. The zero-order chi connectivity index (χ0) is 71.1. The summed E-state index contributed by atoms with van der Waals surface area (Å²) in [6, 6.07) is 31.4. The van der Waals surface area contributed by atoms with Crippen LogP contribution in [0.2, 0.25) is 0 Å². The second-order valence-corrected chi connectivity index (χ2v) is 28.8. The molecule has 0 aliphatic carbocycles. The first-order valence-corrected chi connectivity index (χ1v) is 37.9. The Labute approximate surface area is 592 Å². The van der Waals surface area contributed by atoms with Crippen molar-refractivity contribution in [2.24, 2.45) is 20.5 Å². The lowest BCUT2D eigenvalue weighted by Gasteiger charge is -2.27. The summed E-state index contributed by atoms with van der Waals surface area (Å²) in [6.07, 6.45) is 8.50. The van der Waals surface area contributed by atoms with Gasteiger partial charge in [0.2, 0.25) is 22.2 Å². The quantitative estimate of drug-likeness (QED) is 0.00633. The van der Waals surface area contributed by atoms with Crippen LogP contribution in [-0.2, 0) is 45.2 Å². The SMILES string of the molecule is CCN(CC)c1ccc(/N=N/c2nc(N3CCCCC3)c(/C=C(/C(C)=O)C(=O)Nc3cccc(S(=O)(=O)O)c3)s2)c(Nc2nc(Nc3cc(N(CC)CC)ccc3/N=N/c3nc(N4CCCCC4)c(/C=C(\C(C)=O)C(=O)Nc4cccc(S(=O)(=O)O)c4)s3)nc(SCc3ccccc3)n2)c1. The van der Waals surface area contributed by atoms with Crippen LogP contribution in [0.1, 0.15) is 95.4 Å². The lowest BCUT2D eigenvalue weighted by atomic mass is 10.1. The molecule has 5 aromatic carbocycles. The Morgan fingerprint density at radius 2 is 0.950 bits per heavy atom. The van der Waals surface area contributed by atoms with Crippen LogP contribution < -0.4 is 40.9 Å². The number of hydrogen-bond donors (Lipinski definition) is 6. The van der Waals surface area contributed by atoms with Crippen LogP contribution in [0.25, 0.3) is 12.2 Å². The number of azo groups is 2. The molecular weight excluding hydrogens is 1380 g/mol. The summed E-state index contributed by atoms with van der Waals surface area (Å²) in [4.78, 5) is 87.5. The second kappa shape index (κ2) is 33.4. The van der Waals surface area contributed by atoms with Crippen molar-refractivity contribution in [3.8, 4) is 0 Å². The number of rotatable bonds is 29. The zero-order valence-electron chi connectivity index (χ0n) is 55.7. The average molecular weight is 1450 g/mol. The molecule has 0 spiro atoms. The van der Waals surface area contributed by atoms with Crippen molar-refractivity contribution in [2.75, 3.05) is 93.2 Å². The normalized spacial score (nSPS) is 14.0. The van der Waals surface area contributed by atoms with Gasteiger partial charge in [-0.15, -0.1) is 20.5 Å². The van der Waals surface area contributed by atoms with E-state index < -0.39 is 53.4 Å². The van der Waals surface area contributed by atoms with E-state index in [1.54, 1.807) is 0 Å². The van der Waals surface area contributed by atoms with Crippen molar-refractivity contribution in [3.05, 3.63) is 142 Å². The van der Waals surface area contributed by atoms with Crippen LogP contribution in [0, 0.1) is 0 Å². The number of nitrogens with zero attached hydrogens (tertiary/aromatic N) is 13. The van der Waals surface area contributed by atoms with E-state index in [0.717, 1.165) is 90.3 Å². The number of thioether (sulfide) groups is 1. The van der Waals surface area contributed by atoms with Gasteiger partial charge in [0, 0.05) is 80.9 Å². The smallest absolute Gasteiger partial charge is 0.294 e. The molecule has 2 fully saturated rings. The van der Waals surface area contributed by atoms with Crippen molar-refractivity contribution in [3.63, 3.8) is 0 Å². The van der Waals surface area contributed by atoms with Gasteiger partial charge in [-0.2, -0.15) is 41.8 Å². The fraction of sp³-hybridized carbons (Fsp3) is 0.309. The largest absolute Gasteiger partial charge is 0.372 e. The lowest BCUT2D eigenvalue weighted by molar-refractivity contribution is -0.120. The molecule has 0 bridgehead atoms. The zero-order valence-corrected chi connectivity index (χ0v) is 59.8. The van der Waals surface area contributed by atoms with Gasteiger partial charge in [0.15, 0.2) is 16.7 Å². The first kappa shape index (κ1) is 73.0. The van der Waals surface area contributed by atoms with Crippen molar-refractivity contribution in [1.82, 2.24) is 24.9 Å². The maximum Gasteiger partial charge on any atom is 0.294 e. The minimum absolute atomic E-state index is 0.0467. The summed E-state index contributed by atoms with van der Waals surface area (Å²) >= 11 is 3.65. The van der Waals surface area contributed by atoms with E-state index in [-0.39, 0.29) is 44.7 Å². The Hall–Kier alpha value is -9.70. The molecule has 2 aliphatic rings. The number of benzene rings is 5. The predicted octanol–water partition coefficient (Wildman–Crippen LogP) is 14.8. The molecule has 522 valence electrons. The van der Waals surface area contributed by atoms with E-state index >= 15 is 0 Å². The van der Waals surface area contributed by atoms with E-state index in [4.69, 9.17) is 35.1 Å². The maximum absolute atomic E-state index is 13.8. The standard InChI is InChI=1S/C68H75N17O10S5/c1-7-82(8-2)48-28-30-54(78-80-67-73-60(84-32-16-12-17-33-84)58(97-67)40-52(43(5)86)62(88)69-46-24-20-26-50(36-46)99(90,91)92)56(38-48)71-64-75-65(77-66(76-64)96-42-45-22-14-11-15-23-45)72-57-39-49(83(9-3)10-4)29-31-55(57)79-81-68-74-61(85-34-18-13-19-35-85)59(98-68)41-53(44(6)87)63(89)70-47-25-21-27-51(37-47)100(93,94)95/h11,14-15,20-31,36-41H,7-10,12-13,16-19,32-35,42H2,1-6H3,(H,69,88)(H,70,89)(H,90,91,92)(H,93,94,95)(H2,71,72,75,76,77)/b52-40-,53-41+,80-78+,81-79+. The summed E-state index contributed by atoms with van der Waals surface area (Å²) in [5, 5.41) is 31.9. The Morgan fingerprint density at radius 1 is 0.530 bits per heavy atom. The summed E-state index contributed by atoms with van der Waals surface area (Å²) < 4.78 is 67.0. The molecule has 32 heteroatoms. The van der Waals surface area contributed by atoms with Crippen LogP contribution >= 0.6 is 34.4 Å². The molecule has 2 saturated heterocycles. The molecule has 0 saturated carbocycles. The fourth-order valence-corrected chi connectivity index (χ4v) is 14.6. The van der Waals surface area contributed by atoms with Gasteiger partial charge >= 0.3 is 0 Å². The number of Topliss-reactive ketones (excluding diaryl/α,β-unsaturated/α-hetero) is 2. The summed E-state index contributed by atoms with van der Waals surface area (Å²) in [7, 11) is -9.17. The molecule has 100 heavy (non-hydrogen) atoms. The number of hydrogen-bond acceptors (Lipinski definition) is 26. The Morgan fingerprint density at radius 3 is 1.34 bits per heavy atom. The van der Waals surface area contributed by atoms with Crippen molar-refractivity contribution in [1.29, 1.82) is 0 Å². The number of piperidine rings is 2. The third kappa shape index (κ3) is 19.2. The van der Waals surface area contributed by atoms with Crippen LogP contribution in [-0.4, -0.2) is 127 Å². The Kier molecular flexibility index (Phi) is 24.4. The first-order valence-electron chi connectivity index (χ1n) is 32.4. The van der Waals surface area contributed by atoms with Gasteiger partial charge in [0.25, 0.3) is 32.1 Å². The van der Waals surface area contributed by atoms with Crippen LogP contribution in [0.15, 0.2) is 162 Å². The number of nitrogens with one attached hydrogen (secondary N) is 4. The minimum atomic E-state index is -4.59. The number of anilines is 10. The summed E-state index contributed by atoms with van der Waals surface area (Å²) in [5.41, 5.74) is 4.13. The van der Waals surface area contributed by atoms with Crippen LogP contribution in [0.3, 0.4) is 0 Å². The molecule has 5 heterocycles. The first-order chi connectivity index (χ1) is 48.0. The topological polar surface area (TPSA) is 352 Å². The molecule has 27 nitrogen and oxygen atoms in total. The van der Waals surface area contributed by atoms with E-state index in [1.807, 2.05) is 66.7 Å². The second-order valence-electron chi connectivity index (χ2n) is 23.0. The van der Waals surface area contributed by atoms with Crippen LogP contribution in [0.4, 0.5) is 79.3 Å². The summed E-state index contributed by atoms with van der Waals surface area (Å²) in [6.45, 7) is 16.2. The monoisotopic (exact) mass is 1450 g/mol. The summed E-state index contributed by atoms with van der Waals surface area (Å²) in [5.74, 6) is -0.894. The highest BCUT2D eigenvalue weighted by atomic mass is 32.2. The lowest BCUT2D eigenvalue weighted by Crippen LogP contribution is -2.30. The molecule has 0 radical (unpaired) electrons. The van der Waals surface area contributed by atoms with Gasteiger partial charge in [-0.25, -0.2) is 0 Å². The van der Waals surface area contributed by atoms with Gasteiger partial charge in [0.1, 0.15) is 23.0 Å². The molecule has 3 aromatic heterocycles. The molecule has 2 aliphatic heterocycles. The van der Waals surface area contributed by atoms with Gasteiger partial charge < -0.3 is 40.9 Å². The molecule has 8 aromatic rings. The van der Waals surface area contributed by atoms with Gasteiger partial charge in [-0.05, 0) is 171 Å². The molecular formula is C68H75N17O10S5. The van der Waals surface area contributed by atoms with Crippen molar-refractivity contribution in [2.45, 2.75) is 101 Å². The number of ketones is 2.